The van der Waals surface area contributed by atoms with Gasteiger partial charge in [0.05, 0.1) is 4.92 Å². The number of amides is 1. The molecule has 98 valence electrons. The van der Waals surface area contributed by atoms with E-state index in [1.165, 1.54) is 0 Å². The Kier molecular flexibility index (Phi) is 4.17. The molecule has 0 saturated heterocycles. The highest BCUT2D eigenvalue weighted by atomic mass is 32.2. The first kappa shape index (κ1) is 14.3. The predicted molar refractivity (Wildman–Crippen MR) is 59.3 cm³/mol. The van der Waals surface area contributed by atoms with E-state index < -0.39 is 33.8 Å². The number of nitro benzene ring substituents is 1. The fraction of sp³-hybridized carbons (Fsp3) is 0.222. The van der Waals surface area contributed by atoms with Crippen LogP contribution in [-0.4, -0.2) is 16.3 Å². The van der Waals surface area contributed by atoms with Crippen molar-refractivity contribution in [2.75, 3.05) is 5.32 Å². The van der Waals surface area contributed by atoms with Gasteiger partial charge in [-0.15, -0.1) is 0 Å². The Morgan fingerprint density at radius 2 is 2.06 bits per heavy atom. The van der Waals surface area contributed by atoms with Crippen LogP contribution in [0.25, 0.3) is 0 Å². The topological polar surface area (TPSA) is 72.2 Å². The lowest BCUT2D eigenvalue weighted by Crippen LogP contribution is -2.08. The first-order valence-corrected chi connectivity index (χ1v) is 5.32. The van der Waals surface area contributed by atoms with Crippen molar-refractivity contribution < 1.29 is 22.9 Å². The molecule has 0 radical (unpaired) electrons. The molecule has 0 atom stereocenters. The summed E-state index contributed by atoms with van der Waals surface area (Å²) < 4.78 is 36.3. The van der Waals surface area contributed by atoms with Crippen LogP contribution >= 0.6 is 11.8 Å². The first-order chi connectivity index (χ1) is 8.19. The highest BCUT2D eigenvalue weighted by Crippen LogP contribution is 2.39. The molecule has 9 heteroatoms. The number of alkyl halides is 3. The number of carbonyl (C=O) groups is 1. The fourth-order valence-electron chi connectivity index (χ4n) is 1.15. The summed E-state index contributed by atoms with van der Waals surface area (Å²) in [6.45, 7) is 1.14. The average Bonchev–Trinajstić information content (AvgIpc) is 2.17. The minimum atomic E-state index is -4.52. The number of carbonyl (C=O) groups excluding carboxylic acids is 1. The quantitative estimate of drug-likeness (QED) is 0.524. The van der Waals surface area contributed by atoms with Crippen LogP contribution < -0.4 is 5.32 Å². The lowest BCUT2D eigenvalue weighted by molar-refractivity contribution is -0.384. The molecule has 0 aliphatic heterocycles. The molecule has 1 rings (SSSR count). The van der Waals surface area contributed by atoms with Crippen LogP contribution in [0.4, 0.5) is 24.5 Å². The van der Waals surface area contributed by atoms with E-state index in [-0.39, 0.29) is 10.6 Å². The van der Waals surface area contributed by atoms with Crippen LogP contribution in [0.3, 0.4) is 0 Å². The summed E-state index contributed by atoms with van der Waals surface area (Å²) in [5.74, 6) is -0.547. The van der Waals surface area contributed by atoms with Gasteiger partial charge in [0.25, 0.3) is 5.69 Å². The number of rotatable bonds is 3. The average molecular weight is 280 g/mol. The molecule has 0 spiro atoms. The third-order valence-electron chi connectivity index (χ3n) is 1.71. The molecule has 0 aromatic heterocycles. The van der Waals surface area contributed by atoms with Gasteiger partial charge in [0.2, 0.25) is 5.91 Å². The van der Waals surface area contributed by atoms with Crippen LogP contribution in [0, 0.1) is 10.1 Å². The largest absolute Gasteiger partial charge is 0.446 e. The molecule has 0 aliphatic rings. The SMILES string of the molecule is CC(=O)Nc1ccc(SC(F)(F)F)cc1[N+](=O)[O-]. The Balaban J connectivity index is 3.11. The van der Waals surface area contributed by atoms with Crippen LogP contribution in [0.15, 0.2) is 23.1 Å². The number of anilines is 1. The van der Waals surface area contributed by atoms with Gasteiger partial charge in [-0.3, -0.25) is 14.9 Å². The first-order valence-electron chi connectivity index (χ1n) is 4.51. The van der Waals surface area contributed by atoms with Crippen molar-refractivity contribution in [2.45, 2.75) is 17.3 Å². The van der Waals surface area contributed by atoms with E-state index in [1.54, 1.807) is 0 Å². The molecule has 0 saturated carbocycles. The number of halogens is 3. The lowest BCUT2D eigenvalue weighted by atomic mass is 10.2. The predicted octanol–water partition coefficient (Wildman–Crippen LogP) is 3.17. The second-order valence-electron chi connectivity index (χ2n) is 3.17. The van der Waals surface area contributed by atoms with Crippen LogP contribution in [0.1, 0.15) is 6.92 Å². The van der Waals surface area contributed by atoms with E-state index in [0.717, 1.165) is 25.1 Å². The van der Waals surface area contributed by atoms with Crippen molar-refractivity contribution in [3.05, 3.63) is 28.3 Å². The number of nitrogens with zero attached hydrogens (tertiary/aromatic N) is 1. The minimum absolute atomic E-state index is 0.140. The summed E-state index contributed by atoms with van der Waals surface area (Å²) in [4.78, 5) is 20.3. The van der Waals surface area contributed by atoms with Gasteiger partial charge >= 0.3 is 5.51 Å². The highest BCUT2D eigenvalue weighted by molar-refractivity contribution is 8.00. The van der Waals surface area contributed by atoms with Crippen molar-refractivity contribution in [2.24, 2.45) is 0 Å². The van der Waals surface area contributed by atoms with Crippen molar-refractivity contribution in [1.82, 2.24) is 0 Å². The van der Waals surface area contributed by atoms with Crippen molar-refractivity contribution in [3.8, 4) is 0 Å². The third-order valence-corrected chi connectivity index (χ3v) is 2.43. The zero-order valence-corrected chi connectivity index (χ0v) is 9.76. The Bertz CT molecular complexity index is 490. The summed E-state index contributed by atoms with van der Waals surface area (Å²) in [7, 11) is 0. The second-order valence-corrected chi connectivity index (χ2v) is 4.30. The highest BCUT2D eigenvalue weighted by Gasteiger charge is 2.30. The molecule has 1 N–H and O–H groups in total. The molecule has 0 heterocycles. The van der Waals surface area contributed by atoms with E-state index >= 15 is 0 Å². The van der Waals surface area contributed by atoms with Gasteiger partial charge in [0.15, 0.2) is 0 Å². The molecule has 1 aromatic rings. The van der Waals surface area contributed by atoms with Gasteiger partial charge in [-0.1, -0.05) is 0 Å². The van der Waals surface area contributed by atoms with Crippen LogP contribution in [0.2, 0.25) is 0 Å². The van der Waals surface area contributed by atoms with E-state index in [4.69, 9.17) is 0 Å². The molecular weight excluding hydrogens is 273 g/mol. The summed E-state index contributed by atoms with van der Waals surface area (Å²) in [6, 6.07) is 2.88. The maximum Gasteiger partial charge on any atom is 0.446 e. The Morgan fingerprint density at radius 1 is 1.44 bits per heavy atom. The zero-order chi connectivity index (χ0) is 13.9. The smallest absolute Gasteiger partial charge is 0.321 e. The van der Waals surface area contributed by atoms with E-state index in [9.17, 15) is 28.1 Å². The number of nitro groups is 1. The monoisotopic (exact) mass is 280 g/mol. The van der Waals surface area contributed by atoms with Crippen molar-refractivity contribution in [1.29, 1.82) is 0 Å². The molecule has 5 nitrogen and oxygen atoms in total. The standard InChI is InChI=1S/C9H7F3N2O3S/c1-5(15)13-7-3-2-6(18-9(10,11)12)4-8(7)14(16)17/h2-4H,1H3,(H,13,15). The Hall–Kier alpha value is -1.77. The minimum Gasteiger partial charge on any atom is -0.321 e. The molecule has 1 aromatic carbocycles. The summed E-state index contributed by atoms with van der Waals surface area (Å²) in [5.41, 5.74) is -5.25. The van der Waals surface area contributed by atoms with Crippen LogP contribution in [0.5, 0.6) is 0 Å². The second kappa shape index (κ2) is 5.25. The molecular formula is C9H7F3N2O3S. The van der Waals surface area contributed by atoms with E-state index in [1.807, 2.05) is 0 Å². The van der Waals surface area contributed by atoms with Crippen LogP contribution in [-0.2, 0) is 4.79 Å². The van der Waals surface area contributed by atoms with Gasteiger partial charge in [-0.25, -0.2) is 0 Å². The molecule has 1 amide bonds. The van der Waals surface area contributed by atoms with Gasteiger partial charge in [0.1, 0.15) is 5.69 Å². The number of thioether (sulfide) groups is 1. The van der Waals surface area contributed by atoms with Crippen molar-refractivity contribution >= 4 is 29.0 Å². The fourth-order valence-corrected chi connectivity index (χ4v) is 1.73. The Morgan fingerprint density at radius 3 is 2.50 bits per heavy atom. The number of hydrogen-bond donors (Lipinski definition) is 1. The van der Waals surface area contributed by atoms with E-state index in [0.29, 0.717) is 0 Å². The third kappa shape index (κ3) is 4.24. The van der Waals surface area contributed by atoms with Gasteiger partial charge in [-0.2, -0.15) is 13.2 Å². The summed E-state index contributed by atoms with van der Waals surface area (Å²) in [5, 5.41) is 12.9. The summed E-state index contributed by atoms with van der Waals surface area (Å²) >= 11 is -0.457. The molecule has 0 bridgehead atoms. The lowest BCUT2D eigenvalue weighted by Gasteiger charge is -2.07. The maximum atomic E-state index is 12.1. The van der Waals surface area contributed by atoms with Crippen molar-refractivity contribution in [3.63, 3.8) is 0 Å². The Labute approximate surface area is 104 Å². The van der Waals surface area contributed by atoms with Gasteiger partial charge in [-0.05, 0) is 23.9 Å². The summed E-state index contributed by atoms with van der Waals surface area (Å²) in [6.07, 6.45) is 0. The number of hydrogen-bond acceptors (Lipinski definition) is 4. The normalized spacial score (nSPS) is 11.1. The van der Waals surface area contributed by atoms with Gasteiger partial charge in [0, 0.05) is 17.9 Å². The molecule has 0 unspecified atom stereocenters. The van der Waals surface area contributed by atoms with Gasteiger partial charge < -0.3 is 5.32 Å². The molecule has 0 fully saturated rings. The number of nitrogens with one attached hydrogen (secondary N) is 1. The zero-order valence-electron chi connectivity index (χ0n) is 8.95. The van der Waals surface area contributed by atoms with E-state index in [2.05, 4.69) is 5.32 Å². The maximum absolute atomic E-state index is 12.1. The molecule has 18 heavy (non-hydrogen) atoms. The number of benzene rings is 1. The molecule has 0 aliphatic carbocycles.